The molecule has 1 aromatic carbocycles. The van der Waals surface area contributed by atoms with Crippen molar-refractivity contribution in [2.45, 2.75) is 31.2 Å². The van der Waals surface area contributed by atoms with Crippen molar-refractivity contribution in [3.63, 3.8) is 0 Å². The van der Waals surface area contributed by atoms with E-state index < -0.39 is 24.2 Å². The number of halogens is 3. The molecule has 0 bridgehead atoms. The van der Waals surface area contributed by atoms with E-state index in [1.54, 1.807) is 36.4 Å². The van der Waals surface area contributed by atoms with Crippen LogP contribution >= 0.6 is 0 Å². The van der Waals surface area contributed by atoms with E-state index in [-0.39, 0.29) is 24.5 Å². The van der Waals surface area contributed by atoms with Crippen molar-refractivity contribution in [2.24, 2.45) is 0 Å². The number of ether oxygens (including phenoxy) is 1. The Bertz CT molecular complexity index is 1030. The first-order valence-corrected chi connectivity index (χ1v) is 9.23. The van der Waals surface area contributed by atoms with E-state index in [1.165, 1.54) is 19.4 Å². The fourth-order valence-corrected chi connectivity index (χ4v) is 3.48. The smallest absolute Gasteiger partial charge is 0.410 e. The summed E-state index contributed by atoms with van der Waals surface area (Å²) in [4.78, 5) is 12.5. The van der Waals surface area contributed by atoms with Crippen LogP contribution in [0.15, 0.2) is 53.1 Å². The Hall–Kier alpha value is -3.43. The first-order chi connectivity index (χ1) is 14.4. The number of nitrogens with zero attached hydrogens (tertiary/aromatic N) is 2. The molecule has 0 aliphatic carbocycles. The average Bonchev–Trinajstić information content (AvgIpc) is 3.40. The van der Waals surface area contributed by atoms with Crippen molar-refractivity contribution in [3.05, 3.63) is 65.7 Å². The van der Waals surface area contributed by atoms with Crippen molar-refractivity contribution < 1.29 is 27.1 Å². The zero-order valence-electron chi connectivity index (χ0n) is 15.9. The largest absolute Gasteiger partial charge is 0.496 e. The highest BCUT2D eigenvalue weighted by molar-refractivity contribution is 5.93. The molecule has 3 heterocycles. The highest BCUT2D eigenvalue weighted by Gasteiger charge is 2.47. The van der Waals surface area contributed by atoms with Gasteiger partial charge in [0.15, 0.2) is 11.7 Å². The Morgan fingerprint density at radius 1 is 1.33 bits per heavy atom. The Morgan fingerprint density at radius 3 is 2.83 bits per heavy atom. The van der Waals surface area contributed by atoms with Crippen LogP contribution in [0, 0.1) is 0 Å². The van der Waals surface area contributed by atoms with Gasteiger partial charge in [-0.2, -0.15) is 18.3 Å². The number of hydrogen-bond acceptors (Lipinski definition) is 5. The SMILES string of the molecule is COc1ccccc1CNC(=O)c1cc2n(n1)[C@H](C(F)(F)F)C[C@H](c1ccco1)N2. The number of rotatable bonds is 5. The van der Waals surface area contributed by atoms with Crippen LogP contribution in [-0.2, 0) is 6.54 Å². The normalized spacial score (nSPS) is 18.4. The van der Waals surface area contributed by atoms with Gasteiger partial charge in [-0.3, -0.25) is 4.79 Å². The molecule has 2 aromatic heterocycles. The van der Waals surface area contributed by atoms with Crippen LogP contribution in [0.3, 0.4) is 0 Å². The van der Waals surface area contributed by atoms with Crippen LogP contribution in [0.1, 0.15) is 40.3 Å². The quantitative estimate of drug-likeness (QED) is 0.650. The highest BCUT2D eigenvalue weighted by Crippen LogP contribution is 2.43. The van der Waals surface area contributed by atoms with E-state index in [9.17, 15) is 18.0 Å². The summed E-state index contributed by atoms with van der Waals surface area (Å²) in [5.74, 6) is 0.508. The lowest BCUT2D eigenvalue weighted by Crippen LogP contribution is -2.35. The van der Waals surface area contributed by atoms with E-state index in [4.69, 9.17) is 9.15 Å². The van der Waals surface area contributed by atoms with Crippen LogP contribution < -0.4 is 15.4 Å². The summed E-state index contributed by atoms with van der Waals surface area (Å²) >= 11 is 0. The molecule has 0 spiro atoms. The Kier molecular flexibility index (Phi) is 5.15. The number of para-hydroxylation sites is 1. The molecule has 0 saturated carbocycles. The second-order valence-electron chi connectivity index (χ2n) is 6.86. The summed E-state index contributed by atoms with van der Waals surface area (Å²) in [6.45, 7) is 0.149. The molecule has 4 rings (SSSR count). The van der Waals surface area contributed by atoms with Gasteiger partial charge >= 0.3 is 6.18 Å². The van der Waals surface area contributed by atoms with Gasteiger partial charge in [-0.05, 0) is 18.2 Å². The van der Waals surface area contributed by atoms with E-state index >= 15 is 0 Å². The molecule has 7 nitrogen and oxygen atoms in total. The van der Waals surface area contributed by atoms with Crippen molar-refractivity contribution in [2.75, 3.05) is 12.4 Å². The van der Waals surface area contributed by atoms with E-state index in [0.717, 1.165) is 10.2 Å². The fourth-order valence-electron chi connectivity index (χ4n) is 3.48. The van der Waals surface area contributed by atoms with Gasteiger partial charge in [-0.25, -0.2) is 4.68 Å². The summed E-state index contributed by atoms with van der Waals surface area (Å²) in [5.41, 5.74) is 0.628. The minimum Gasteiger partial charge on any atom is -0.496 e. The highest BCUT2D eigenvalue weighted by atomic mass is 19.4. The second-order valence-corrected chi connectivity index (χ2v) is 6.86. The van der Waals surface area contributed by atoms with Gasteiger partial charge in [-0.1, -0.05) is 18.2 Å². The van der Waals surface area contributed by atoms with Crippen molar-refractivity contribution in [3.8, 4) is 5.75 Å². The molecule has 158 valence electrons. The number of hydrogen-bond donors (Lipinski definition) is 2. The van der Waals surface area contributed by atoms with Crippen molar-refractivity contribution in [1.29, 1.82) is 0 Å². The van der Waals surface area contributed by atoms with Gasteiger partial charge < -0.3 is 19.8 Å². The first kappa shape index (κ1) is 19.9. The predicted molar refractivity (Wildman–Crippen MR) is 101 cm³/mol. The average molecular weight is 420 g/mol. The molecule has 0 fully saturated rings. The maximum absolute atomic E-state index is 13.7. The second kappa shape index (κ2) is 7.77. The topological polar surface area (TPSA) is 81.3 Å². The van der Waals surface area contributed by atoms with E-state index in [2.05, 4.69) is 15.7 Å². The summed E-state index contributed by atoms with van der Waals surface area (Å²) in [7, 11) is 1.52. The van der Waals surface area contributed by atoms with Crippen LogP contribution in [-0.4, -0.2) is 29.0 Å². The fraction of sp³-hybridized carbons (Fsp3) is 0.300. The Labute approximate surface area is 169 Å². The monoisotopic (exact) mass is 420 g/mol. The van der Waals surface area contributed by atoms with E-state index in [1.807, 2.05) is 0 Å². The molecular formula is C20H19F3N4O3. The molecule has 0 unspecified atom stereocenters. The maximum atomic E-state index is 13.7. The molecule has 30 heavy (non-hydrogen) atoms. The number of benzene rings is 1. The third-order valence-corrected chi connectivity index (χ3v) is 4.94. The number of nitrogens with one attached hydrogen (secondary N) is 2. The number of aromatic nitrogens is 2. The van der Waals surface area contributed by atoms with Gasteiger partial charge in [0.25, 0.3) is 5.91 Å². The van der Waals surface area contributed by atoms with Crippen LogP contribution in [0.25, 0.3) is 0 Å². The third-order valence-electron chi connectivity index (χ3n) is 4.94. The lowest BCUT2D eigenvalue weighted by molar-refractivity contribution is -0.174. The molecule has 1 aliphatic rings. The molecule has 10 heteroatoms. The molecule has 1 aliphatic heterocycles. The number of anilines is 1. The molecule has 2 N–H and O–H groups in total. The molecule has 0 saturated heterocycles. The summed E-state index contributed by atoms with van der Waals surface area (Å²) in [5, 5.41) is 9.57. The lowest BCUT2D eigenvalue weighted by Gasteiger charge is -2.32. The minimum absolute atomic E-state index is 0.104. The first-order valence-electron chi connectivity index (χ1n) is 9.23. The number of fused-ring (bicyclic) bond motifs is 1. The number of methoxy groups -OCH3 is 1. The van der Waals surface area contributed by atoms with Gasteiger partial charge in [0.2, 0.25) is 0 Å². The zero-order valence-corrected chi connectivity index (χ0v) is 15.9. The Morgan fingerprint density at radius 2 is 2.13 bits per heavy atom. The third kappa shape index (κ3) is 3.85. The van der Waals surface area contributed by atoms with Gasteiger partial charge in [0.05, 0.1) is 19.4 Å². The molecular weight excluding hydrogens is 401 g/mol. The lowest BCUT2D eigenvalue weighted by atomic mass is 10.0. The number of carbonyl (C=O) groups excluding carboxylic acids is 1. The minimum atomic E-state index is -4.53. The van der Waals surface area contributed by atoms with Crippen molar-refractivity contribution >= 4 is 11.7 Å². The molecule has 2 atom stereocenters. The van der Waals surface area contributed by atoms with Crippen molar-refractivity contribution in [1.82, 2.24) is 15.1 Å². The number of alkyl halides is 3. The van der Waals surface area contributed by atoms with Gasteiger partial charge in [-0.15, -0.1) is 0 Å². The number of carbonyl (C=O) groups is 1. The predicted octanol–water partition coefficient (Wildman–Crippen LogP) is 4.08. The molecule has 3 aromatic rings. The number of furan rings is 1. The summed E-state index contributed by atoms with van der Waals surface area (Å²) < 4.78 is 52.3. The maximum Gasteiger partial charge on any atom is 0.410 e. The van der Waals surface area contributed by atoms with Gasteiger partial charge in [0.1, 0.15) is 17.3 Å². The van der Waals surface area contributed by atoms with Crippen LogP contribution in [0.4, 0.5) is 19.0 Å². The van der Waals surface area contributed by atoms with Crippen LogP contribution in [0.2, 0.25) is 0 Å². The summed E-state index contributed by atoms with van der Waals surface area (Å²) in [6, 6.07) is 9.11. The number of amides is 1. The zero-order chi connectivity index (χ0) is 21.3. The van der Waals surface area contributed by atoms with Crippen LogP contribution in [0.5, 0.6) is 5.75 Å². The molecule has 0 radical (unpaired) electrons. The molecule has 1 amide bonds. The van der Waals surface area contributed by atoms with E-state index in [0.29, 0.717) is 11.5 Å². The standard InChI is InChI=1S/C20H19F3N4O3/c1-29-15-6-3-2-5-12(15)11-24-19(28)14-10-18-25-13(16-7-4-8-30-16)9-17(20(21,22)23)27(18)26-14/h2-8,10,13,17,25H,9,11H2,1H3,(H,24,28)/t13-,17+/m1/s1. The summed E-state index contributed by atoms with van der Waals surface area (Å²) in [6.07, 6.45) is -3.42. The Balaban J connectivity index is 1.56. The van der Waals surface area contributed by atoms with Gasteiger partial charge in [0, 0.05) is 24.6 Å².